The molecular weight excluding hydrogens is 210 g/mol. The second kappa shape index (κ2) is 4.57. The minimum absolute atomic E-state index is 0.748. The zero-order chi connectivity index (χ0) is 11.6. The zero-order valence-electron chi connectivity index (χ0n) is 9.37. The van der Waals surface area contributed by atoms with Gasteiger partial charge >= 0.3 is 6.09 Å². The molecular formula is C11H15NO2S. The van der Waals surface area contributed by atoms with Crippen LogP contribution in [0.3, 0.4) is 0 Å². The highest BCUT2D eigenvalue weighted by Crippen LogP contribution is 2.32. The predicted molar refractivity (Wildman–Crippen MR) is 64.1 cm³/mol. The maximum absolute atomic E-state index is 10.9. The molecule has 0 aliphatic rings. The number of hydrogen-bond acceptors (Lipinski definition) is 2. The summed E-state index contributed by atoms with van der Waals surface area (Å²) in [5.41, 5.74) is 3.08. The lowest BCUT2D eigenvalue weighted by molar-refractivity contribution is 0.203. The first kappa shape index (κ1) is 11.9. The molecule has 0 saturated carbocycles. The Kier molecular flexibility index (Phi) is 3.63. The largest absolute Gasteiger partial charge is 0.465 e. The highest BCUT2D eigenvalue weighted by atomic mass is 32.2. The zero-order valence-corrected chi connectivity index (χ0v) is 10.2. The lowest BCUT2D eigenvalue weighted by Gasteiger charge is -2.19. The summed E-state index contributed by atoms with van der Waals surface area (Å²) >= 11 is 1.58. The molecule has 0 aliphatic heterocycles. The van der Waals surface area contributed by atoms with E-state index >= 15 is 0 Å². The molecule has 0 saturated heterocycles. The number of rotatable bonds is 2. The van der Waals surface area contributed by atoms with Crippen molar-refractivity contribution in [1.29, 1.82) is 0 Å². The average Bonchev–Trinajstić information content (AvgIpc) is 2.20. The van der Waals surface area contributed by atoms with Crippen LogP contribution < -0.4 is 4.90 Å². The second-order valence-corrected chi connectivity index (χ2v) is 4.22. The predicted octanol–water partition coefficient (Wildman–Crippen LogP) is 3.14. The van der Waals surface area contributed by atoms with Crippen LogP contribution in [0.15, 0.2) is 17.0 Å². The SMILES string of the molecule is CSc1c(N(C)C(=O)O)ccc(C)c1C. The molecule has 1 N–H and O–H groups in total. The molecule has 0 aliphatic carbocycles. The quantitative estimate of drug-likeness (QED) is 0.786. The van der Waals surface area contributed by atoms with E-state index in [1.54, 1.807) is 18.8 Å². The van der Waals surface area contributed by atoms with E-state index in [1.807, 2.05) is 32.2 Å². The van der Waals surface area contributed by atoms with Gasteiger partial charge in [0.2, 0.25) is 0 Å². The Bertz CT molecular complexity index is 390. The molecule has 1 aromatic carbocycles. The van der Waals surface area contributed by atoms with Crippen LogP contribution in [-0.2, 0) is 0 Å². The van der Waals surface area contributed by atoms with E-state index in [1.165, 1.54) is 10.5 Å². The first-order valence-electron chi connectivity index (χ1n) is 4.60. The first-order chi connectivity index (χ1) is 6.99. The van der Waals surface area contributed by atoms with Crippen LogP contribution in [0.4, 0.5) is 10.5 Å². The molecule has 0 fully saturated rings. The second-order valence-electron chi connectivity index (χ2n) is 3.40. The van der Waals surface area contributed by atoms with E-state index in [0.717, 1.165) is 16.1 Å². The van der Waals surface area contributed by atoms with Crippen molar-refractivity contribution in [2.24, 2.45) is 0 Å². The molecule has 0 unspecified atom stereocenters. The molecule has 0 spiro atoms. The van der Waals surface area contributed by atoms with Gasteiger partial charge in [-0.05, 0) is 37.3 Å². The Labute approximate surface area is 94.1 Å². The minimum atomic E-state index is -0.937. The number of carbonyl (C=O) groups is 1. The smallest absolute Gasteiger partial charge is 0.411 e. The van der Waals surface area contributed by atoms with E-state index in [0.29, 0.717) is 0 Å². The lowest BCUT2D eigenvalue weighted by atomic mass is 10.1. The summed E-state index contributed by atoms with van der Waals surface area (Å²) in [6.07, 6.45) is 1.02. The third-order valence-corrected chi connectivity index (χ3v) is 3.43. The van der Waals surface area contributed by atoms with Crippen molar-refractivity contribution in [3.05, 3.63) is 23.3 Å². The molecule has 15 heavy (non-hydrogen) atoms. The number of carboxylic acid groups (broad SMARTS) is 1. The topological polar surface area (TPSA) is 40.5 Å². The van der Waals surface area contributed by atoms with Gasteiger partial charge in [0.15, 0.2) is 0 Å². The molecule has 0 bridgehead atoms. The van der Waals surface area contributed by atoms with E-state index in [4.69, 9.17) is 5.11 Å². The van der Waals surface area contributed by atoms with Crippen molar-refractivity contribution in [2.45, 2.75) is 18.7 Å². The number of hydrogen-bond donors (Lipinski definition) is 1. The maximum Gasteiger partial charge on any atom is 0.411 e. The molecule has 4 heteroatoms. The normalized spacial score (nSPS) is 10.1. The molecule has 3 nitrogen and oxygen atoms in total. The van der Waals surface area contributed by atoms with Crippen molar-refractivity contribution in [1.82, 2.24) is 0 Å². The minimum Gasteiger partial charge on any atom is -0.465 e. The third kappa shape index (κ3) is 2.26. The number of aryl methyl sites for hydroxylation is 1. The summed E-state index contributed by atoms with van der Waals surface area (Å²) in [5.74, 6) is 0. The first-order valence-corrected chi connectivity index (χ1v) is 5.82. The number of anilines is 1. The summed E-state index contributed by atoms with van der Waals surface area (Å²) in [5, 5.41) is 8.93. The van der Waals surface area contributed by atoms with Gasteiger partial charge in [-0.25, -0.2) is 4.79 Å². The van der Waals surface area contributed by atoms with Crippen molar-refractivity contribution in [3.8, 4) is 0 Å². The molecule has 82 valence electrons. The van der Waals surface area contributed by atoms with Crippen LogP contribution in [0.1, 0.15) is 11.1 Å². The standard InChI is InChI=1S/C11H15NO2S/c1-7-5-6-9(12(3)11(13)14)10(15-4)8(7)2/h5-6H,1-4H3,(H,13,14). The van der Waals surface area contributed by atoms with Gasteiger partial charge < -0.3 is 5.11 Å². The fourth-order valence-corrected chi connectivity index (χ4v) is 2.28. The van der Waals surface area contributed by atoms with Crippen molar-refractivity contribution in [3.63, 3.8) is 0 Å². The van der Waals surface area contributed by atoms with E-state index < -0.39 is 6.09 Å². The molecule has 1 rings (SSSR count). The van der Waals surface area contributed by atoms with E-state index in [9.17, 15) is 4.79 Å². The van der Waals surface area contributed by atoms with Crippen molar-refractivity contribution >= 4 is 23.5 Å². The Morgan fingerprint density at radius 1 is 1.40 bits per heavy atom. The van der Waals surface area contributed by atoms with Gasteiger partial charge in [-0.3, -0.25) is 4.90 Å². The molecule has 0 radical (unpaired) electrons. The summed E-state index contributed by atoms with van der Waals surface area (Å²) in [6.45, 7) is 4.04. The van der Waals surface area contributed by atoms with Crippen molar-refractivity contribution in [2.75, 3.05) is 18.2 Å². The molecule has 0 atom stereocenters. The number of nitrogens with zero attached hydrogens (tertiary/aromatic N) is 1. The summed E-state index contributed by atoms with van der Waals surface area (Å²) in [4.78, 5) is 13.2. The maximum atomic E-state index is 10.9. The van der Waals surface area contributed by atoms with Crippen LogP contribution in [0.5, 0.6) is 0 Å². The van der Waals surface area contributed by atoms with E-state index in [-0.39, 0.29) is 0 Å². The fraction of sp³-hybridized carbons (Fsp3) is 0.364. The van der Waals surface area contributed by atoms with Gasteiger partial charge in [0.1, 0.15) is 0 Å². The molecule has 1 amide bonds. The van der Waals surface area contributed by atoms with Gasteiger partial charge in [-0.1, -0.05) is 6.07 Å². The number of benzene rings is 1. The highest BCUT2D eigenvalue weighted by molar-refractivity contribution is 7.98. The Morgan fingerprint density at radius 2 is 2.00 bits per heavy atom. The van der Waals surface area contributed by atoms with Crippen LogP contribution in [-0.4, -0.2) is 24.5 Å². The van der Waals surface area contributed by atoms with Gasteiger partial charge in [-0.2, -0.15) is 0 Å². The summed E-state index contributed by atoms with van der Waals surface area (Å²) in [6, 6.07) is 3.80. The number of thioether (sulfide) groups is 1. The monoisotopic (exact) mass is 225 g/mol. The van der Waals surface area contributed by atoms with Gasteiger partial charge in [0.25, 0.3) is 0 Å². The molecule has 1 aromatic rings. The average molecular weight is 225 g/mol. The van der Waals surface area contributed by atoms with Gasteiger partial charge in [0.05, 0.1) is 5.69 Å². The Morgan fingerprint density at radius 3 is 2.47 bits per heavy atom. The molecule has 0 aromatic heterocycles. The Hall–Kier alpha value is -1.16. The third-order valence-electron chi connectivity index (χ3n) is 2.51. The lowest BCUT2D eigenvalue weighted by Crippen LogP contribution is -2.24. The Balaban J connectivity index is 3.30. The van der Waals surface area contributed by atoms with Crippen molar-refractivity contribution < 1.29 is 9.90 Å². The van der Waals surface area contributed by atoms with Crippen LogP contribution in [0, 0.1) is 13.8 Å². The van der Waals surface area contributed by atoms with Crippen LogP contribution in [0.25, 0.3) is 0 Å². The number of amides is 1. The van der Waals surface area contributed by atoms with Gasteiger partial charge in [-0.15, -0.1) is 11.8 Å². The summed E-state index contributed by atoms with van der Waals surface area (Å²) in [7, 11) is 1.56. The van der Waals surface area contributed by atoms with E-state index in [2.05, 4.69) is 0 Å². The highest BCUT2D eigenvalue weighted by Gasteiger charge is 2.14. The van der Waals surface area contributed by atoms with Crippen LogP contribution in [0.2, 0.25) is 0 Å². The fourth-order valence-electron chi connectivity index (χ4n) is 1.40. The van der Waals surface area contributed by atoms with Gasteiger partial charge in [0, 0.05) is 11.9 Å². The van der Waals surface area contributed by atoms with Crippen LogP contribution >= 0.6 is 11.8 Å². The molecule has 0 heterocycles. The summed E-state index contributed by atoms with van der Waals surface area (Å²) < 4.78 is 0.